The van der Waals surface area contributed by atoms with Gasteiger partial charge in [-0.05, 0) is 36.0 Å². The minimum Gasteiger partial charge on any atom is -0.497 e. The van der Waals surface area contributed by atoms with Gasteiger partial charge in [-0.15, -0.1) is 11.3 Å². The molecular weight excluding hydrogens is 342 g/mol. The second-order valence-electron chi connectivity index (χ2n) is 8.22. The Bertz CT molecular complexity index is 908. The van der Waals surface area contributed by atoms with Gasteiger partial charge in [-0.2, -0.15) is 0 Å². The molecule has 0 saturated heterocycles. The number of ether oxygens (including phenoxy) is 1. The standard InChI is InChI=1S/C22H25NO2S/c1-5-22(15-7-6-8-16(10-15)25-4)19-14(9-17-20(22)26-13-23-17)11-21(2,3)12-18(19)24/h6-8,10,13H,5,9,11-12H2,1-4H3. The van der Waals surface area contributed by atoms with Crippen molar-refractivity contribution in [1.29, 1.82) is 0 Å². The van der Waals surface area contributed by atoms with Crippen LogP contribution in [-0.2, 0) is 16.6 Å². The largest absolute Gasteiger partial charge is 0.497 e. The van der Waals surface area contributed by atoms with Gasteiger partial charge in [0.25, 0.3) is 0 Å². The number of carbonyl (C=O) groups excluding carboxylic acids is 1. The van der Waals surface area contributed by atoms with Gasteiger partial charge >= 0.3 is 0 Å². The fourth-order valence-electron chi connectivity index (χ4n) is 4.90. The van der Waals surface area contributed by atoms with E-state index in [1.54, 1.807) is 18.4 Å². The van der Waals surface area contributed by atoms with Crippen molar-refractivity contribution in [2.45, 2.75) is 51.9 Å². The van der Waals surface area contributed by atoms with Crippen LogP contribution >= 0.6 is 11.3 Å². The predicted molar refractivity (Wildman–Crippen MR) is 105 cm³/mol. The molecule has 1 heterocycles. The normalized spacial score (nSPS) is 24.2. The molecule has 136 valence electrons. The number of aromatic nitrogens is 1. The molecule has 1 atom stereocenters. The van der Waals surface area contributed by atoms with E-state index in [1.165, 1.54) is 10.5 Å². The maximum atomic E-state index is 13.4. The number of fused-ring (bicyclic) bond motifs is 1. The van der Waals surface area contributed by atoms with Crippen molar-refractivity contribution in [3.05, 3.63) is 57.1 Å². The van der Waals surface area contributed by atoms with Crippen LogP contribution in [-0.4, -0.2) is 17.9 Å². The zero-order chi connectivity index (χ0) is 18.5. The highest BCUT2D eigenvalue weighted by Gasteiger charge is 2.50. The van der Waals surface area contributed by atoms with Crippen LogP contribution in [0.4, 0.5) is 0 Å². The monoisotopic (exact) mass is 367 g/mol. The van der Waals surface area contributed by atoms with Gasteiger partial charge in [-0.25, -0.2) is 4.98 Å². The van der Waals surface area contributed by atoms with E-state index in [2.05, 4.69) is 37.9 Å². The Labute approximate surface area is 159 Å². The fraction of sp³-hybridized carbons (Fsp3) is 0.455. The molecule has 2 aromatic rings. The van der Waals surface area contributed by atoms with E-state index in [4.69, 9.17) is 4.74 Å². The van der Waals surface area contributed by atoms with Gasteiger partial charge in [0.2, 0.25) is 0 Å². The lowest BCUT2D eigenvalue weighted by molar-refractivity contribution is -0.118. The molecule has 3 nitrogen and oxygen atoms in total. The number of Topliss-reactive ketones (excluding diaryl/α,β-unsaturated/α-hetero) is 1. The molecular formula is C22H25NO2S. The van der Waals surface area contributed by atoms with E-state index in [1.807, 2.05) is 17.6 Å². The van der Waals surface area contributed by atoms with Gasteiger partial charge in [0, 0.05) is 23.3 Å². The van der Waals surface area contributed by atoms with Crippen molar-refractivity contribution in [3.8, 4) is 5.75 Å². The first kappa shape index (κ1) is 17.5. The molecule has 0 spiro atoms. The fourth-order valence-corrected chi connectivity index (χ4v) is 6.01. The summed E-state index contributed by atoms with van der Waals surface area (Å²) in [5.74, 6) is 1.14. The molecule has 4 rings (SSSR count). The van der Waals surface area contributed by atoms with E-state index < -0.39 is 5.41 Å². The minimum absolute atomic E-state index is 0.0251. The highest BCUT2D eigenvalue weighted by molar-refractivity contribution is 7.10. The molecule has 1 aromatic carbocycles. The van der Waals surface area contributed by atoms with E-state index in [0.717, 1.165) is 41.8 Å². The van der Waals surface area contributed by atoms with Crippen molar-refractivity contribution in [2.75, 3.05) is 7.11 Å². The van der Waals surface area contributed by atoms with Gasteiger partial charge < -0.3 is 4.74 Å². The first-order chi connectivity index (χ1) is 12.4. The van der Waals surface area contributed by atoms with Crippen LogP contribution in [0.3, 0.4) is 0 Å². The Balaban J connectivity index is 2.02. The Morgan fingerprint density at radius 3 is 2.81 bits per heavy atom. The molecule has 1 aromatic heterocycles. The van der Waals surface area contributed by atoms with Gasteiger partial charge in [0.05, 0.1) is 23.7 Å². The maximum absolute atomic E-state index is 13.4. The van der Waals surface area contributed by atoms with Crippen LogP contribution in [0.2, 0.25) is 0 Å². The summed E-state index contributed by atoms with van der Waals surface area (Å²) in [4.78, 5) is 19.3. The van der Waals surface area contributed by atoms with Crippen LogP contribution in [0.1, 0.15) is 56.2 Å². The maximum Gasteiger partial charge on any atom is 0.160 e. The number of thiazole rings is 1. The number of methoxy groups -OCH3 is 1. The van der Waals surface area contributed by atoms with Crippen molar-refractivity contribution in [1.82, 2.24) is 4.98 Å². The summed E-state index contributed by atoms with van der Waals surface area (Å²) < 4.78 is 5.49. The van der Waals surface area contributed by atoms with Crippen LogP contribution in [0.15, 0.2) is 40.9 Å². The lowest BCUT2D eigenvalue weighted by Gasteiger charge is -2.44. The lowest BCUT2D eigenvalue weighted by atomic mass is 9.59. The van der Waals surface area contributed by atoms with E-state index in [0.29, 0.717) is 12.2 Å². The first-order valence-electron chi connectivity index (χ1n) is 9.24. The zero-order valence-electron chi connectivity index (χ0n) is 15.9. The molecule has 0 bridgehead atoms. The first-order valence-corrected chi connectivity index (χ1v) is 10.1. The van der Waals surface area contributed by atoms with Gasteiger partial charge in [0.15, 0.2) is 5.78 Å². The highest BCUT2D eigenvalue weighted by Crippen LogP contribution is 2.55. The summed E-state index contributed by atoms with van der Waals surface area (Å²) in [5.41, 5.74) is 6.17. The van der Waals surface area contributed by atoms with E-state index >= 15 is 0 Å². The summed E-state index contributed by atoms with van der Waals surface area (Å²) in [6.45, 7) is 6.58. The molecule has 0 amide bonds. The highest BCUT2D eigenvalue weighted by atomic mass is 32.1. The molecule has 0 aliphatic heterocycles. The van der Waals surface area contributed by atoms with Crippen molar-refractivity contribution >= 4 is 17.1 Å². The molecule has 1 unspecified atom stereocenters. The Morgan fingerprint density at radius 1 is 1.27 bits per heavy atom. The minimum atomic E-state index is -0.397. The van der Waals surface area contributed by atoms with Gasteiger partial charge in [-0.1, -0.05) is 38.5 Å². The second kappa shape index (κ2) is 6.05. The average Bonchev–Trinajstić information content (AvgIpc) is 3.07. The lowest BCUT2D eigenvalue weighted by Crippen LogP contribution is -2.42. The van der Waals surface area contributed by atoms with Crippen LogP contribution in [0, 0.1) is 5.41 Å². The third kappa shape index (κ3) is 2.46. The molecule has 0 saturated carbocycles. The molecule has 0 radical (unpaired) electrons. The third-order valence-electron chi connectivity index (χ3n) is 5.89. The number of allylic oxidation sites excluding steroid dienone is 2. The predicted octanol–water partition coefficient (Wildman–Crippen LogP) is 5.09. The van der Waals surface area contributed by atoms with Crippen molar-refractivity contribution in [3.63, 3.8) is 0 Å². The molecule has 4 heteroatoms. The zero-order valence-corrected chi connectivity index (χ0v) is 16.7. The molecule has 2 aliphatic carbocycles. The quantitative estimate of drug-likeness (QED) is 0.758. The van der Waals surface area contributed by atoms with E-state index in [9.17, 15) is 4.79 Å². The number of hydrogen-bond donors (Lipinski definition) is 0. The van der Waals surface area contributed by atoms with Crippen molar-refractivity contribution < 1.29 is 9.53 Å². The number of rotatable bonds is 3. The smallest absolute Gasteiger partial charge is 0.160 e. The summed E-state index contributed by atoms with van der Waals surface area (Å²) in [5, 5.41) is 0. The molecule has 0 fully saturated rings. The number of carbonyl (C=O) groups is 1. The van der Waals surface area contributed by atoms with Crippen LogP contribution in [0.5, 0.6) is 5.75 Å². The van der Waals surface area contributed by atoms with Crippen molar-refractivity contribution in [2.24, 2.45) is 5.41 Å². The summed E-state index contributed by atoms with van der Waals surface area (Å²) in [6, 6.07) is 8.22. The second-order valence-corrected chi connectivity index (χ2v) is 9.07. The summed E-state index contributed by atoms with van der Waals surface area (Å²) in [7, 11) is 1.69. The average molecular weight is 368 g/mol. The number of ketones is 1. The third-order valence-corrected chi connectivity index (χ3v) is 6.92. The summed E-state index contributed by atoms with van der Waals surface area (Å²) in [6.07, 6.45) is 3.25. The topological polar surface area (TPSA) is 39.2 Å². The van der Waals surface area contributed by atoms with Crippen LogP contribution < -0.4 is 4.74 Å². The Kier molecular flexibility index (Phi) is 4.07. The van der Waals surface area contributed by atoms with Gasteiger partial charge in [0.1, 0.15) is 5.75 Å². The molecule has 0 N–H and O–H groups in total. The van der Waals surface area contributed by atoms with E-state index in [-0.39, 0.29) is 5.41 Å². The Hall–Kier alpha value is -1.94. The van der Waals surface area contributed by atoms with Gasteiger partial charge in [-0.3, -0.25) is 4.79 Å². The SMILES string of the molecule is CCC1(c2cccc(OC)c2)C2=C(Cc3ncsc31)CC(C)(C)CC2=O. The molecule has 2 aliphatic rings. The Morgan fingerprint density at radius 2 is 2.08 bits per heavy atom. The number of hydrogen-bond acceptors (Lipinski definition) is 4. The van der Waals surface area contributed by atoms with Crippen LogP contribution in [0.25, 0.3) is 0 Å². The number of nitrogens with zero attached hydrogens (tertiary/aromatic N) is 1. The summed E-state index contributed by atoms with van der Waals surface area (Å²) >= 11 is 1.68. The molecule has 26 heavy (non-hydrogen) atoms. The number of benzene rings is 1.